The van der Waals surface area contributed by atoms with Gasteiger partial charge in [0.1, 0.15) is 19.8 Å². The molecule has 0 aliphatic carbocycles. The molecule has 2 N–H and O–H groups in total. The van der Waals surface area contributed by atoms with Crippen LogP contribution in [0, 0.1) is 0 Å². The van der Waals surface area contributed by atoms with E-state index in [1.165, 1.54) is 0 Å². The molecule has 0 aromatic carbocycles. The summed E-state index contributed by atoms with van der Waals surface area (Å²) in [7, 11) is 1.00. The maximum atomic E-state index is 12.7. The molecule has 0 aromatic rings. The number of esters is 2. The van der Waals surface area contributed by atoms with Gasteiger partial charge in [-0.15, -0.1) is 0 Å². The predicted octanol–water partition coefficient (Wildman–Crippen LogP) is 9.88. The van der Waals surface area contributed by atoms with Crippen LogP contribution in [0.1, 0.15) is 129 Å². The van der Waals surface area contributed by atoms with Gasteiger partial charge in [-0.05, 0) is 70.6 Å². The fourth-order valence-electron chi connectivity index (χ4n) is 5.27. The van der Waals surface area contributed by atoms with E-state index < -0.39 is 44.7 Å². The molecule has 0 rings (SSSR count). The highest BCUT2D eigenvalue weighted by Crippen LogP contribution is 2.38. The van der Waals surface area contributed by atoms with Gasteiger partial charge >= 0.3 is 11.9 Å². The monoisotopic (exact) mass is 862 g/mol. The Morgan fingerprint density at radius 3 is 1.78 bits per heavy atom. The second-order valence-corrected chi connectivity index (χ2v) is 17.1. The van der Waals surface area contributed by atoms with Crippen LogP contribution in [0.4, 0.5) is 0 Å². The molecular weight excluding hydrogens is 781 g/mol. The van der Waals surface area contributed by atoms with Gasteiger partial charge in [0, 0.05) is 12.8 Å². The third-order valence-electron chi connectivity index (χ3n) is 8.80. The zero-order valence-electron chi connectivity index (χ0n) is 37.6. The summed E-state index contributed by atoms with van der Waals surface area (Å²) in [5.41, 5.74) is 0. The molecule has 60 heavy (non-hydrogen) atoms. The third kappa shape index (κ3) is 41.6. The number of likely N-dealkylation sites (N-methyl/N-ethyl adjacent to an activating group) is 1. The van der Waals surface area contributed by atoms with E-state index in [9.17, 15) is 29.3 Å². The van der Waals surface area contributed by atoms with Crippen LogP contribution in [0.5, 0.6) is 0 Å². The molecule has 0 saturated heterocycles. The Hall–Kier alpha value is -3.15. The van der Waals surface area contributed by atoms with E-state index >= 15 is 0 Å². The molecule has 0 aliphatic heterocycles. The minimum atomic E-state index is -4.70. The summed E-state index contributed by atoms with van der Waals surface area (Å²) in [5.74, 6) is -1.10. The largest absolute Gasteiger partial charge is 0.756 e. The molecule has 0 saturated carbocycles. The van der Waals surface area contributed by atoms with Crippen molar-refractivity contribution in [2.45, 2.75) is 148 Å². The number of phosphoric ester groups is 1. The van der Waals surface area contributed by atoms with Crippen LogP contribution in [-0.4, -0.2) is 92.5 Å². The van der Waals surface area contributed by atoms with Crippen molar-refractivity contribution in [1.29, 1.82) is 0 Å². The summed E-state index contributed by atoms with van der Waals surface area (Å²) in [5, 5.41) is 20.2. The number of aliphatic hydroxyl groups excluding tert-OH is 2. The van der Waals surface area contributed by atoms with Crippen molar-refractivity contribution in [2.75, 3.05) is 47.5 Å². The maximum absolute atomic E-state index is 12.7. The molecule has 0 aromatic heterocycles. The van der Waals surface area contributed by atoms with Crippen molar-refractivity contribution in [3.63, 3.8) is 0 Å². The molecule has 4 atom stereocenters. The van der Waals surface area contributed by atoms with Crippen molar-refractivity contribution >= 4 is 19.8 Å². The Bertz CT molecular complexity index is 1380. The first-order valence-corrected chi connectivity index (χ1v) is 23.6. The van der Waals surface area contributed by atoms with Crippen LogP contribution >= 0.6 is 7.82 Å². The van der Waals surface area contributed by atoms with Crippen molar-refractivity contribution in [1.82, 2.24) is 0 Å². The number of ether oxygens (including phenoxy) is 2. The first kappa shape index (κ1) is 56.9. The Balaban J connectivity index is 4.66. The van der Waals surface area contributed by atoms with Crippen LogP contribution in [0.15, 0.2) is 97.2 Å². The molecule has 0 amide bonds. The zero-order chi connectivity index (χ0) is 44.6. The van der Waals surface area contributed by atoms with Gasteiger partial charge in [-0.2, -0.15) is 0 Å². The molecule has 0 fully saturated rings. The topological polar surface area (TPSA) is 152 Å². The predicted molar refractivity (Wildman–Crippen MR) is 243 cm³/mol. The standard InChI is InChI=1S/C48H80NO10P/c1-6-8-10-11-12-13-14-15-16-17-18-19-20-21-25-28-32-38-48(53)59-46(43-58-60(54,55)57-41-40-49(3,4)5)42-56-47(52)39-33-37-45(51)36-31-27-24-22-23-26-30-35-44(50)34-29-9-7-2/h8,10,12-13,15-16,18-19,23-24,26-27,30-31,35-36,44-46,50-51H,6-7,9,11,14,17,20-22,25,28-29,32-34,37-43H2,1-5H3/b10-8-,13-12-,16-15-,19-18-,26-23-,27-24-,35-30+,36-31+/t44-,45-,46+/m0/s1. The van der Waals surface area contributed by atoms with E-state index in [-0.39, 0.29) is 26.1 Å². The number of phosphoric acid groups is 1. The minimum Gasteiger partial charge on any atom is -0.756 e. The van der Waals surface area contributed by atoms with E-state index in [0.29, 0.717) is 36.7 Å². The van der Waals surface area contributed by atoms with Gasteiger partial charge < -0.3 is 38.1 Å². The summed E-state index contributed by atoms with van der Waals surface area (Å²) in [4.78, 5) is 37.6. The van der Waals surface area contributed by atoms with E-state index in [0.717, 1.165) is 77.0 Å². The third-order valence-corrected chi connectivity index (χ3v) is 9.76. The number of quaternary nitrogens is 1. The fourth-order valence-corrected chi connectivity index (χ4v) is 6.00. The summed E-state index contributed by atoms with van der Waals surface area (Å²) in [6.07, 6.45) is 43.6. The average Bonchev–Trinajstić information content (AvgIpc) is 3.19. The first-order valence-electron chi connectivity index (χ1n) is 22.2. The number of hydrogen-bond acceptors (Lipinski definition) is 10. The van der Waals surface area contributed by atoms with Gasteiger partial charge in [0.15, 0.2) is 6.10 Å². The number of carbonyl (C=O) groups excluding carboxylic acids is 2. The number of rotatable bonds is 38. The van der Waals surface area contributed by atoms with Crippen molar-refractivity contribution in [3.05, 3.63) is 97.2 Å². The molecule has 1 unspecified atom stereocenters. The smallest absolute Gasteiger partial charge is 0.306 e. The SMILES string of the molecule is CC/C=C\C/C=C\C/C=C\C/C=C\CCCCCCC(=O)O[C@H](COC(=O)CCC[C@@H](O)/C=C/C=C\C/C=C\C=C\[C@@H](O)CCCCC)COP(=O)([O-])OCC[N+](C)(C)C. The average molecular weight is 862 g/mol. The second kappa shape index (κ2) is 38.7. The molecule has 0 spiro atoms. The van der Waals surface area contributed by atoms with Crippen LogP contribution < -0.4 is 4.89 Å². The first-order chi connectivity index (χ1) is 28.8. The van der Waals surface area contributed by atoms with Gasteiger partial charge in [0.2, 0.25) is 0 Å². The number of aliphatic hydroxyl groups is 2. The van der Waals surface area contributed by atoms with E-state index in [4.69, 9.17) is 18.5 Å². The van der Waals surface area contributed by atoms with E-state index in [1.54, 1.807) is 18.2 Å². The maximum Gasteiger partial charge on any atom is 0.306 e. The van der Waals surface area contributed by atoms with Crippen LogP contribution in [0.3, 0.4) is 0 Å². The molecule has 11 nitrogen and oxygen atoms in total. The summed E-state index contributed by atoms with van der Waals surface area (Å²) < 4.78 is 33.7. The minimum absolute atomic E-state index is 0.0169. The molecular formula is C48H80NO10P. The van der Waals surface area contributed by atoms with Gasteiger partial charge in [-0.3, -0.25) is 14.2 Å². The normalized spacial score (nSPS) is 15.5. The van der Waals surface area contributed by atoms with Crippen LogP contribution in [0.2, 0.25) is 0 Å². The lowest BCUT2D eigenvalue weighted by Gasteiger charge is -2.28. The van der Waals surface area contributed by atoms with Crippen LogP contribution in [-0.2, 0) is 32.7 Å². The zero-order valence-corrected chi connectivity index (χ0v) is 38.5. The van der Waals surface area contributed by atoms with E-state index in [1.807, 2.05) is 51.5 Å². The molecule has 0 aliphatic rings. The molecule has 12 heteroatoms. The van der Waals surface area contributed by atoms with Crippen molar-refractivity contribution < 1.29 is 52.3 Å². The summed E-state index contributed by atoms with van der Waals surface area (Å²) >= 11 is 0. The van der Waals surface area contributed by atoms with Gasteiger partial charge in [-0.25, -0.2) is 0 Å². The summed E-state index contributed by atoms with van der Waals surface area (Å²) in [6, 6.07) is 0. The number of nitrogens with zero attached hydrogens (tertiary/aromatic N) is 1. The number of allylic oxidation sites excluding steroid dienone is 14. The molecule has 0 bridgehead atoms. The molecule has 0 heterocycles. The Morgan fingerprint density at radius 2 is 1.18 bits per heavy atom. The van der Waals surface area contributed by atoms with Gasteiger partial charge in [-0.1, -0.05) is 143 Å². The van der Waals surface area contributed by atoms with Crippen molar-refractivity contribution in [2.24, 2.45) is 0 Å². The van der Waals surface area contributed by atoms with Gasteiger partial charge in [0.25, 0.3) is 7.82 Å². The highest BCUT2D eigenvalue weighted by molar-refractivity contribution is 7.45. The lowest BCUT2D eigenvalue weighted by Crippen LogP contribution is -2.37. The lowest BCUT2D eigenvalue weighted by atomic mass is 10.1. The highest BCUT2D eigenvalue weighted by Gasteiger charge is 2.22. The molecule has 0 radical (unpaired) electrons. The van der Waals surface area contributed by atoms with Gasteiger partial charge in [0.05, 0.1) is 40.0 Å². The van der Waals surface area contributed by atoms with Crippen LogP contribution in [0.25, 0.3) is 0 Å². The quantitative estimate of drug-likeness (QED) is 0.0153. The Kier molecular flexibility index (Phi) is 36.7. The number of hydrogen-bond donors (Lipinski definition) is 2. The van der Waals surface area contributed by atoms with E-state index in [2.05, 4.69) is 62.5 Å². The second-order valence-electron chi connectivity index (χ2n) is 15.7. The lowest BCUT2D eigenvalue weighted by molar-refractivity contribution is -0.870. The van der Waals surface area contributed by atoms with Crippen molar-refractivity contribution in [3.8, 4) is 0 Å². The fraction of sp³-hybridized carbons (Fsp3) is 0.625. The number of carbonyl (C=O) groups is 2. The Labute approximate surface area is 363 Å². The number of unbranched alkanes of at least 4 members (excludes halogenated alkanes) is 6. The Morgan fingerprint density at radius 1 is 0.633 bits per heavy atom. The molecule has 342 valence electrons. The highest BCUT2D eigenvalue weighted by atomic mass is 31.2. The summed E-state index contributed by atoms with van der Waals surface area (Å²) in [6.45, 7) is 3.69.